The summed E-state index contributed by atoms with van der Waals surface area (Å²) in [5.41, 5.74) is 5.86. The molecule has 3 rings (SSSR count). The topological polar surface area (TPSA) is 17.3 Å². The summed E-state index contributed by atoms with van der Waals surface area (Å²) in [5, 5.41) is 0. The number of hydrogen-bond donors (Lipinski definition) is 0. The summed E-state index contributed by atoms with van der Waals surface area (Å²) < 4.78 is 2.09. The Morgan fingerprint density at radius 3 is 2.53 bits per heavy atom. The minimum absolute atomic E-state index is 0.998. The van der Waals surface area contributed by atoms with Gasteiger partial charge in [-0.15, -0.1) is 0 Å². The second-order valence-electron chi connectivity index (χ2n) is 5.04. The van der Waals surface area contributed by atoms with Crippen LogP contribution in [-0.2, 0) is 6.42 Å². The highest BCUT2D eigenvalue weighted by Crippen LogP contribution is 2.20. The Kier molecular flexibility index (Phi) is 3.08. The second-order valence-corrected chi connectivity index (χ2v) is 5.04. The molecular formula is C17H18N2. The van der Waals surface area contributed by atoms with Gasteiger partial charge in [-0.1, -0.05) is 43.7 Å². The number of nitrogens with zero attached hydrogens (tertiary/aromatic N) is 2. The molecule has 0 spiro atoms. The van der Waals surface area contributed by atoms with Gasteiger partial charge in [-0.05, 0) is 30.5 Å². The van der Waals surface area contributed by atoms with Gasteiger partial charge in [0.25, 0.3) is 0 Å². The molecule has 0 saturated carbocycles. The lowest BCUT2D eigenvalue weighted by atomic mass is 10.1. The summed E-state index contributed by atoms with van der Waals surface area (Å²) in [6.45, 7) is 4.30. The molecule has 0 aliphatic rings. The molecule has 2 heterocycles. The van der Waals surface area contributed by atoms with Gasteiger partial charge < -0.3 is 4.40 Å². The first kappa shape index (κ1) is 12.0. The van der Waals surface area contributed by atoms with Crippen molar-refractivity contribution in [2.24, 2.45) is 0 Å². The highest BCUT2D eigenvalue weighted by molar-refractivity contribution is 5.63. The average molecular weight is 250 g/mol. The quantitative estimate of drug-likeness (QED) is 0.679. The summed E-state index contributed by atoms with van der Waals surface area (Å²) in [7, 11) is 0. The predicted molar refractivity (Wildman–Crippen MR) is 79.4 cm³/mol. The molecule has 1 aromatic carbocycles. The Morgan fingerprint density at radius 1 is 1.00 bits per heavy atom. The number of benzene rings is 1. The van der Waals surface area contributed by atoms with E-state index in [4.69, 9.17) is 0 Å². The highest BCUT2D eigenvalue weighted by atomic mass is 15.0. The highest BCUT2D eigenvalue weighted by Gasteiger charge is 2.04. The predicted octanol–water partition coefficient (Wildman–Crippen LogP) is 4.26. The molecule has 19 heavy (non-hydrogen) atoms. The first-order chi connectivity index (χ1) is 9.26. The fourth-order valence-electron chi connectivity index (χ4n) is 2.37. The van der Waals surface area contributed by atoms with Crippen molar-refractivity contribution < 1.29 is 0 Å². The Labute approximate surface area is 113 Å². The number of fused-ring (bicyclic) bond motifs is 1. The zero-order valence-corrected chi connectivity index (χ0v) is 11.4. The smallest absolute Gasteiger partial charge is 0.137 e. The number of aromatic nitrogens is 2. The van der Waals surface area contributed by atoms with Crippen LogP contribution in [0.1, 0.15) is 24.5 Å². The lowest BCUT2D eigenvalue weighted by Gasteiger charge is -2.00. The molecule has 0 radical (unpaired) electrons. The summed E-state index contributed by atoms with van der Waals surface area (Å²) >= 11 is 0. The monoisotopic (exact) mass is 250 g/mol. The van der Waals surface area contributed by atoms with Crippen molar-refractivity contribution in [2.75, 3.05) is 0 Å². The standard InChI is InChI=1S/C17H18N2/c1-3-4-14-6-8-15(9-7-14)16-12-19-11-13(2)5-10-17(19)18-16/h5-12H,3-4H2,1-2H3. The van der Waals surface area contributed by atoms with Gasteiger partial charge in [0.15, 0.2) is 0 Å². The molecule has 2 nitrogen and oxygen atoms in total. The Hall–Kier alpha value is -2.09. The Bertz CT molecular complexity index is 693. The maximum atomic E-state index is 4.66. The van der Waals surface area contributed by atoms with Crippen LogP contribution >= 0.6 is 0 Å². The molecule has 0 aliphatic heterocycles. The molecule has 0 N–H and O–H groups in total. The minimum atomic E-state index is 0.998. The van der Waals surface area contributed by atoms with Crippen LogP contribution in [0, 0.1) is 6.92 Å². The van der Waals surface area contributed by atoms with Crippen molar-refractivity contribution in [1.82, 2.24) is 9.38 Å². The zero-order valence-electron chi connectivity index (χ0n) is 11.4. The third-order valence-electron chi connectivity index (χ3n) is 3.39. The third kappa shape index (κ3) is 2.39. The van der Waals surface area contributed by atoms with Crippen molar-refractivity contribution in [2.45, 2.75) is 26.7 Å². The average Bonchev–Trinajstić information content (AvgIpc) is 2.83. The van der Waals surface area contributed by atoms with Gasteiger partial charge in [0.2, 0.25) is 0 Å². The van der Waals surface area contributed by atoms with E-state index < -0.39 is 0 Å². The summed E-state index contributed by atoms with van der Waals surface area (Å²) in [4.78, 5) is 4.66. The summed E-state index contributed by atoms with van der Waals surface area (Å²) in [6.07, 6.45) is 6.53. The van der Waals surface area contributed by atoms with Crippen LogP contribution in [-0.4, -0.2) is 9.38 Å². The number of pyridine rings is 1. The lowest BCUT2D eigenvalue weighted by Crippen LogP contribution is -1.83. The number of aryl methyl sites for hydroxylation is 2. The van der Waals surface area contributed by atoms with E-state index in [2.05, 4.69) is 72.0 Å². The van der Waals surface area contributed by atoms with E-state index in [1.165, 1.54) is 23.1 Å². The van der Waals surface area contributed by atoms with E-state index >= 15 is 0 Å². The number of rotatable bonds is 3. The van der Waals surface area contributed by atoms with Crippen molar-refractivity contribution in [1.29, 1.82) is 0 Å². The minimum Gasteiger partial charge on any atom is -0.306 e. The molecule has 0 fully saturated rings. The molecule has 2 aromatic heterocycles. The van der Waals surface area contributed by atoms with Crippen LogP contribution in [0.3, 0.4) is 0 Å². The fraction of sp³-hybridized carbons (Fsp3) is 0.235. The Morgan fingerprint density at radius 2 is 1.79 bits per heavy atom. The van der Waals surface area contributed by atoms with Gasteiger partial charge in [-0.2, -0.15) is 0 Å². The molecule has 0 saturated heterocycles. The van der Waals surface area contributed by atoms with Crippen LogP contribution in [0.25, 0.3) is 16.9 Å². The molecule has 0 amide bonds. The van der Waals surface area contributed by atoms with E-state index in [0.29, 0.717) is 0 Å². The maximum Gasteiger partial charge on any atom is 0.137 e. The van der Waals surface area contributed by atoms with E-state index in [1.807, 2.05) is 0 Å². The van der Waals surface area contributed by atoms with E-state index in [-0.39, 0.29) is 0 Å². The summed E-state index contributed by atoms with van der Waals surface area (Å²) in [6, 6.07) is 12.9. The van der Waals surface area contributed by atoms with Crippen LogP contribution in [0.15, 0.2) is 48.8 Å². The Balaban J connectivity index is 1.99. The van der Waals surface area contributed by atoms with E-state index in [0.717, 1.165) is 17.8 Å². The maximum absolute atomic E-state index is 4.66. The van der Waals surface area contributed by atoms with Crippen LogP contribution in [0.4, 0.5) is 0 Å². The lowest BCUT2D eigenvalue weighted by molar-refractivity contribution is 0.922. The third-order valence-corrected chi connectivity index (χ3v) is 3.39. The molecular weight excluding hydrogens is 232 g/mol. The largest absolute Gasteiger partial charge is 0.306 e. The van der Waals surface area contributed by atoms with Crippen molar-refractivity contribution in [3.63, 3.8) is 0 Å². The SMILES string of the molecule is CCCc1ccc(-c2cn3cc(C)ccc3n2)cc1. The van der Waals surface area contributed by atoms with Gasteiger partial charge >= 0.3 is 0 Å². The van der Waals surface area contributed by atoms with Crippen molar-refractivity contribution in [3.05, 3.63) is 59.9 Å². The number of hydrogen-bond acceptors (Lipinski definition) is 1. The molecule has 0 atom stereocenters. The van der Waals surface area contributed by atoms with E-state index in [9.17, 15) is 0 Å². The van der Waals surface area contributed by atoms with Crippen LogP contribution in [0.5, 0.6) is 0 Å². The van der Waals surface area contributed by atoms with Gasteiger partial charge in [0.05, 0.1) is 5.69 Å². The first-order valence-corrected chi connectivity index (χ1v) is 6.81. The zero-order chi connectivity index (χ0) is 13.2. The van der Waals surface area contributed by atoms with Crippen molar-refractivity contribution >= 4 is 5.65 Å². The van der Waals surface area contributed by atoms with E-state index in [1.54, 1.807) is 0 Å². The normalized spacial score (nSPS) is 11.1. The van der Waals surface area contributed by atoms with Gasteiger partial charge in [-0.3, -0.25) is 0 Å². The van der Waals surface area contributed by atoms with Crippen LogP contribution in [0.2, 0.25) is 0 Å². The van der Waals surface area contributed by atoms with Crippen LogP contribution < -0.4 is 0 Å². The fourth-order valence-corrected chi connectivity index (χ4v) is 2.37. The number of imidazole rings is 1. The second kappa shape index (κ2) is 4.88. The van der Waals surface area contributed by atoms with Crippen molar-refractivity contribution in [3.8, 4) is 11.3 Å². The summed E-state index contributed by atoms with van der Waals surface area (Å²) in [5.74, 6) is 0. The van der Waals surface area contributed by atoms with Gasteiger partial charge in [-0.25, -0.2) is 4.98 Å². The first-order valence-electron chi connectivity index (χ1n) is 6.81. The van der Waals surface area contributed by atoms with Gasteiger partial charge in [0, 0.05) is 18.0 Å². The molecule has 2 heteroatoms. The molecule has 0 bridgehead atoms. The molecule has 0 aliphatic carbocycles. The molecule has 3 aromatic rings. The molecule has 96 valence electrons. The molecule has 0 unspecified atom stereocenters. The van der Waals surface area contributed by atoms with Gasteiger partial charge in [0.1, 0.15) is 5.65 Å².